The third kappa shape index (κ3) is 4.76. The number of aryl methyl sites for hydroxylation is 1. The maximum atomic E-state index is 9.87. The zero-order valence-electron chi connectivity index (χ0n) is 11.6. The Kier molecular flexibility index (Phi) is 6.32. The number of rotatable bonds is 8. The molecule has 0 radical (unpaired) electrons. The van der Waals surface area contributed by atoms with Gasteiger partial charge in [-0.1, -0.05) is 13.3 Å². The molecule has 2 unspecified atom stereocenters. The van der Waals surface area contributed by atoms with Gasteiger partial charge in [0.2, 0.25) is 0 Å². The molecule has 0 fully saturated rings. The van der Waals surface area contributed by atoms with Crippen LogP contribution in [0.3, 0.4) is 0 Å². The van der Waals surface area contributed by atoms with Gasteiger partial charge in [-0.25, -0.2) is 4.98 Å². The fourth-order valence-corrected chi connectivity index (χ4v) is 1.68. The summed E-state index contributed by atoms with van der Waals surface area (Å²) in [7, 11) is 0. The number of nitrogens with two attached hydrogens (primary N) is 1. The molecule has 0 aliphatic carbocycles. The second-order valence-corrected chi connectivity index (χ2v) is 4.74. The highest BCUT2D eigenvalue weighted by Gasteiger charge is 2.11. The molecule has 5 heteroatoms. The van der Waals surface area contributed by atoms with Gasteiger partial charge in [0, 0.05) is 18.8 Å². The lowest BCUT2D eigenvalue weighted by Crippen LogP contribution is -2.22. The van der Waals surface area contributed by atoms with Crippen LogP contribution in [0.5, 0.6) is 0 Å². The van der Waals surface area contributed by atoms with Crippen molar-refractivity contribution in [1.29, 1.82) is 0 Å². The van der Waals surface area contributed by atoms with Crippen LogP contribution in [0.25, 0.3) is 0 Å². The largest absolute Gasteiger partial charge is 0.389 e. The molecule has 3 N–H and O–H groups in total. The molecule has 18 heavy (non-hydrogen) atoms. The SMILES string of the molecule is CCCCOCC(O)Cn1cc(C(C)N)nc1C. The van der Waals surface area contributed by atoms with Crippen molar-refractivity contribution in [3.8, 4) is 0 Å². The molecule has 0 amide bonds. The van der Waals surface area contributed by atoms with E-state index in [1.807, 2.05) is 24.6 Å². The van der Waals surface area contributed by atoms with Crippen LogP contribution in [0.4, 0.5) is 0 Å². The summed E-state index contributed by atoms with van der Waals surface area (Å²) in [5, 5.41) is 9.87. The van der Waals surface area contributed by atoms with E-state index in [0.29, 0.717) is 19.8 Å². The van der Waals surface area contributed by atoms with Crippen LogP contribution in [0.15, 0.2) is 6.20 Å². The van der Waals surface area contributed by atoms with Crippen LogP contribution >= 0.6 is 0 Å². The Hall–Kier alpha value is -0.910. The molecule has 5 nitrogen and oxygen atoms in total. The highest BCUT2D eigenvalue weighted by molar-refractivity contribution is 5.06. The molecule has 0 bridgehead atoms. The Labute approximate surface area is 109 Å². The van der Waals surface area contributed by atoms with Gasteiger partial charge in [-0.05, 0) is 20.3 Å². The monoisotopic (exact) mass is 255 g/mol. The second-order valence-electron chi connectivity index (χ2n) is 4.74. The lowest BCUT2D eigenvalue weighted by molar-refractivity contribution is 0.0268. The van der Waals surface area contributed by atoms with Crippen molar-refractivity contribution in [1.82, 2.24) is 9.55 Å². The fraction of sp³-hybridized carbons (Fsp3) is 0.769. The van der Waals surface area contributed by atoms with Crippen LogP contribution in [0.2, 0.25) is 0 Å². The maximum Gasteiger partial charge on any atom is 0.105 e. The van der Waals surface area contributed by atoms with Gasteiger partial charge in [-0.3, -0.25) is 0 Å². The molecule has 0 aliphatic rings. The molecular weight excluding hydrogens is 230 g/mol. The van der Waals surface area contributed by atoms with Gasteiger partial charge in [0.25, 0.3) is 0 Å². The van der Waals surface area contributed by atoms with Crippen molar-refractivity contribution in [3.05, 3.63) is 17.7 Å². The predicted octanol–water partition coefficient (Wildman–Crippen LogP) is 1.39. The zero-order chi connectivity index (χ0) is 13.5. The van der Waals surface area contributed by atoms with Gasteiger partial charge < -0.3 is 20.1 Å². The van der Waals surface area contributed by atoms with E-state index in [-0.39, 0.29) is 6.04 Å². The highest BCUT2D eigenvalue weighted by Crippen LogP contribution is 2.10. The highest BCUT2D eigenvalue weighted by atomic mass is 16.5. The van der Waals surface area contributed by atoms with E-state index in [0.717, 1.165) is 24.4 Å². The van der Waals surface area contributed by atoms with E-state index >= 15 is 0 Å². The number of unbranched alkanes of at least 4 members (excludes halogenated alkanes) is 1. The van der Waals surface area contributed by atoms with Crippen molar-refractivity contribution in [2.45, 2.75) is 52.3 Å². The molecule has 0 spiro atoms. The smallest absolute Gasteiger partial charge is 0.105 e. The van der Waals surface area contributed by atoms with Crippen molar-refractivity contribution >= 4 is 0 Å². The van der Waals surface area contributed by atoms with Crippen molar-refractivity contribution in [2.24, 2.45) is 5.73 Å². The molecule has 0 saturated carbocycles. The minimum absolute atomic E-state index is 0.0807. The number of aromatic nitrogens is 2. The molecule has 1 heterocycles. The number of nitrogens with zero attached hydrogens (tertiary/aromatic N) is 2. The van der Waals surface area contributed by atoms with E-state index in [2.05, 4.69) is 11.9 Å². The van der Waals surface area contributed by atoms with E-state index in [1.165, 1.54) is 0 Å². The molecule has 2 atom stereocenters. The van der Waals surface area contributed by atoms with E-state index in [9.17, 15) is 5.11 Å². The van der Waals surface area contributed by atoms with Gasteiger partial charge in [-0.15, -0.1) is 0 Å². The Bertz CT molecular complexity index is 350. The van der Waals surface area contributed by atoms with E-state index in [1.54, 1.807) is 0 Å². The lowest BCUT2D eigenvalue weighted by atomic mass is 10.3. The first-order valence-corrected chi connectivity index (χ1v) is 6.59. The molecular formula is C13H25N3O2. The Morgan fingerprint density at radius 3 is 2.83 bits per heavy atom. The van der Waals surface area contributed by atoms with Crippen LogP contribution in [-0.4, -0.2) is 34.0 Å². The minimum Gasteiger partial charge on any atom is -0.389 e. The first-order valence-electron chi connectivity index (χ1n) is 6.59. The van der Waals surface area contributed by atoms with E-state index < -0.39 is 6.10 Å². The van der Waals surface area contributed by atoms with Gasteiger partial charge in [0.15, 0.2) is 0 Å². The van der Waals surface area contributed by atoms with E-state index in [4.69, 9.17) is 10.5 Å². The average Bonchev–Trinajstić information content (AvgIpc) is 2.67. The number of imidazole rings is 1. The van der Waals surface area contributed by atoms with Crippen LogP contribution < -0.4 is 5.73 Å². The zero-order valence-corrected chi connectivity index (χ0v) is 11.6. The Morgan fingerprint density at radius 2 is 2.28 bits per heavy atom. The summed E-state index contributed by atoms with van der Waals surface area (Å²) in [6, 6.07) is -0.0807. The summed E-state index contributed by atoms with van der Waals surface area (Å²) >= 11 is 0. The summed E-state index contributed by atoms with van der Waals surface area (Å²) in [6.07, 6.45) is 3.53. The van der Waals surface area contributed by atoms with Crippen molar-refractivity contribution in [2.75, 3.05) is 13.2 Å². The standard InChI is InChI=1S/C13H25N3O2/c1-4-5-6-18-9-12(17)7-16-8-13(10(2)14)15-11(16)3/h8,10,12,17H,4-7,9,14H2,1-3H3. The first kappa shape index (κ1) is 15.1. The third-order valence-electron chi connectivity index (χ3n) is 2.82. The number of hydrogen-bond donors (Lipinski definition) is 2. The Balaban J connectivity index is 2.41. The first-order chi connectivity index (χ1) is 8.54. The lowest BCUT2D eigenvalue weighted by Gasteiger charge is -2.12. The van der Waals surface area contributed by atoms with Crippen molar-refractivity contribution < 1.29 is 9.84 Å². The number of ether oxygens (including phenoxy) is 1. The predicted molar refractivity (Wildman–Crippen MR) is 71.3 cm³/mol. The van der Waals surface area contributed by atoms with Gasteiger partial charge in [0.05, 0.1) is 24.9 Å². The average molecular weight is 255 g/mol. The van der Waals surface area contributed by atoms with Crippen LogP contribution in [0, 0.1) is 6.92 Å². The van der Waals surface area contributed by atoms with Gasteiger partial charge in [0.1, 0.15) is 5.82 Å². The molecule has 0 aliphatic heterocycles. The molecule has 1 aromatic heterocycles. The molecule has 0 aromatic carbocycles. The summed E-state index contributed by atoms with van der Waals surface area (Å²) in [6.45, 7) is 7.50. The van der Waals surface area contributed by atoms with Gasteiger partial charge in [-0.2, -0.15) is 0 Å². The fourth-order valence-electron chi connectivity index (χ4n) is 1.68. The molecule has 1 rings (SSSR count). The molecule has 104 valence electrons. The number of aliphatic hydroxyl groups is 1. The summed E-state index contributed by atoms with van der Waals surface area (Å²) < 4.78 is 7.32. The normalized spacial score (nSPS) is 14.7. The van der Waals surface area contributed by atoms with Gasteiger partial charge >= 0.3 is 0 Å². The number of hydrogen-bond acceptors (Lipinski definition) is 4. The molecule has 0 saturated heterocycles. The van der Waals surface area contributed by atoms with Crippen molar-refractivity contribution in [3.63, 3.8) is 0 Å². The second kappa shape index (κ2) is 7.51. The number of aliphatic hydroxyl groups excluding tert-OH is 1. The maximum absolute atomic E-state index is 9.87. The summed E-state index contributed by atoms with van der Waals surface area (Å²) in [5.74, 6) is 0.870. The minimum atomic E-state index is -0.504. The summed E-state index contributed by atoms with van der Waals surface area (Å²) in [5.41, 5.74) is 6.63. The topological polar surface area (TPSA) is 73.3 Å². The summed E-state index contributed by atoms with van der Waals surface area (Å²) in [4.78, 5) is 4.36. The van der Waals surface area contributed by atoms with Crippen LogP contribution in [-0.2, 0) is 11.3 Å². The third-order valence-corrected chi connectivity index (χ3v) is 2.82. The van der Waals surface area contributed by atoms with Crippen LogP contribution in [0.1, 0.15) is 44.2 Å². The Morgan fingerprint density at radius 1 is 1.56 bits per heavy atom. The molecule has 1 aromatic rings. The quantitative estimate of drug-likeness (QED) is 0.688.